The van der Waals surface area contributed by atoms with E-state index < -0.39 is 0 Å². The van der Waals surface area contributed by atoms with Crippen molar-refractivity contribution in [3.05, 3.63) is 47.7 Å². The molecule has 0 aliphatic carbocycles. The van der Waals surface area contributed by atoms with Gasteiger partial charge in [-0.1, -0.05) is 58.9 Å². The molecule has 0 saturated heterocycles. The predicted molar refractivity (Wildman–Crippen MR) is 89.4 cm³/mol. The molecule has 0 bridgehead atoms. The number of benzene rings is 1. The van der Waals surface area contributed by atoms with Gasteiger partial charge in [0.1, 0.15) is 0 Å². The van der Waals surface area contributed by atoms with E-state index in [1.165, 1.54) is 5.39 Å². The van der Waals surface area contributed by atoms with Gasteiger partial charge in [-0.05, 0) is 18.6 Å². The van der Waals surface area contributed by atoms with Gasteiger partial charge in [-0.3, -0.25) is 0 Å². The van der Waals surface area contributed by atoms with Crippen LogP contribution in [0, 0.1) is 13.0 Å². The molecule has 1 aromatic heterocycles. The number of nitrogens with one attached hydrogen (secondary N) is 1. The van der Waals surface area contributed by atoms with Crippen LogP contribution in [0.3, 0.4) is 0 Å². The molecular weight excluding hydrogens is 281 g/mol. The van der Waals surface area contributed by atoms with Crippen molar-refractivity contribution in [2.24, 2.45) is 0 Å². The molecular formula is C18H26NV-. The zero-order valence-electron chi connectivity index (χ0n) is 13.5. The zero-order valence-corrected chi connectivity index (χ0v) is 14.9. The summed E-state index contributed by atoms with van der Waals surface area (Å²) in [4.78, 5) is 3.38. The van der Waals surface area contributed by atoms with Crippen molar-refractivity contribution in [3.63, 3.8) is 0 Å². The molecule has 1 N–H and O–H groups in total. The molecule has 0 spiro atoms. The number of hydrogen-bond acceptors (Lipinski definition) is 0. The van der Waals surface area contributed by atoms with E-state index in [1.54, 1.807) is 0 Å². The molecule has 0 aliphatic rings. The van der Waals surface area contributed by atoms with Crippen molar-refractivity contribution in [2.45, 2.75) is 41.5 Å². The Labute approximate surface area is 136 Å². The summed E-state index contributed by atoms with van der Waals surface area (Å²) in [5.74, 6) is 0. The molecule has 0 saturated carbocycles. The topological polar surface area (TPSA) is 15.8 Å². The van der Waals surface area contributed by atoms with E-state index in [9.17, 15) is 0 Å². The summed E-state index contributed by atoms with van der Waals surface area (Å²) in [6.45, 7) is 15.9. The van der Waals surface area contributed by atoms with Crippen LogP contribution in [0.15, 0.2) is 24.8 Å². The van der Waals surface area contributed by atoms with Crippen molar-refractivity contribution >= 4 is 23.1 Å². The van der Waals surface area contributed by atoms with Gasteiger partial charge in [-0.2, -0.15) is 17.7 Å². The second-order valence-electron chi connectivity index (χ2n) is 3.60. The molecule has 1 aromatic carbocycles. The molecule has 0 unspecified atom stereocenters. The van der Waals surface area contributed by atoms with Gasteiger partial charge in [0.15, 0.2) is 0 Å². The number of rotatable bonds is 2. The quantitative estimate of drug-likeness (QED) is 0.655. The third-order valence-electron chi connectivity index (χ3n) is 2.48. The second-order valence-corrected chi connectivity index (χ2v) is 3.60. The molecule has 1 radical (unpaired) electrons. The fraction of sp³-hybridized carbons (Fsp3) is 0.333. The molecule has 0 fully saturated rings. The molecule has 1 heterocycles. The van der Waals surface area contributed by atoms with Crippen molar-refractivity contribution in [3.8, 4) is 0 Å². The Morgan fingerprint density at radius 3 is 2.30 bits per heavy atom. The van der Waals surface area contributed by atoms with Gasteiger partial charge in [0.05, 0.1) is 0 Å². The number of aromatic nitrogens is 1. The van der Waals surface area contributed by atoms with Gasteiger partial charge in [0, 0.05) is 24.2 Å². The van der Waals surface area contributed by atoms with E-state index in [0.29, 0.717) is 0 Å². The summed E-state index contributed by atoms with van der Waals surface area (Å²) in [6, 6.07) is 7.34. The zero-order chi connectivity index (χ0) is 14.8. The maximum absolute atomic E-state index is 3.85. The number of aromatic amines is 1. The normalized spacial score (nSPS) is 9.10. The number of aryl methyl sites for hydroxylation is 1. The Balaban J connectivity index is 0. The predicted octanol–water partition coefficient (Wildman–Crippen LogP) is 6.00. The van der Waals surface area contributed by atoms with Crippen molar-refractivity contribution in [1.82, 2.24) is 4.98 Å². The number of hydrogen-bond donors (Lipinski definition) is 1. The first-order chi connectivity index (χ1) is 9.26. The maximum Gasteiger partial charge on any atom is 0.0319 e. The monoisotopic (exact) mass is 307 g/mol. The van der Waals surface area contributed by atoms with E-state index in [-0.39, 0.29) is 18.6 Å². The van der Waals surface area contributed by atoms with E-state index in [0.717, 1.165) is 22.3 Å². The van der Waals surface area contributed by atoms with Crippen LogP contribution in [0.5, 0.6) is 0 Å². The van der Waals surface area contributed by atoms with Gasteiger partial charge in [0.2, 0.25) is 0 Å². The first-order valence-electron chi connectivity index (χ1n) is 7.05. The third kappa shape index (κ3) is 5.07. The Morgan fingerprint density at radius 1 is 1.20 bits per heavy atom. The van der Waals surface area contributed by atoms with Crippen LogP contribution in [0.1, 0.15) is 51.4 Å². The average molecular weight is 307 g/mol. The van der Waals surface area contributed by atoms with E-state index in [2.05, 4.69) is 29.8 Å². The average Bonchev–Trinajstić information content (AvgIpc) is 2.80. The van der Waals surface area contributed by atoms with Crippen molar-refractivity contribution < 1.29 is 18.6 Å². The Morgan fingerprint density at radius 2 is 1.80 bits per heavy atom. The van der Waals surface area contributed by atoms with Crippen LogP contribution in [0.2, 0.25) is 0 Å². The van der Waals surface area contributed by atoms with Crippen LogP contribution < -0.4 is 0 Å². The summed E-state index contributed by atoms with van der Waals surface area (Å²) >= 11 is 0. The molecule has 109 valence electrons. The minimum atomic E-state index is 0. The van der Waals surface area contributed by atoms with Gasteiger partial charge in [-0.25, -0.2) is 0 Å². The first kappa shape index (κ1) is 21.1. The fourth-order valence-corrected chi connectivity index (χ4v) is 1.80. The minimum absolute atomic E-state index is 0. The Hall–Kier alpha value is -1.18. The van der Waals surface area contributed by atoms with Gasteiger partial charge < -0.3 is 4.98 Å². The van der Waals surface area contributed by atoms with Gasteiger partial charge in [0.25, 0.3) is 0 Å². The van der Waals surface area contributed by atoms with Gasteiger partial charge >= 0.3 is 0 Å². The fourth-order valence-electron chi connectivity index (χ4n) is 1.80. The smallest absolute Gasteiger partial charge is 0.0319 e. The summed E-state index contributed by atoms with van der Waals surface area (Å²) in [7, 11) is 0. The van der Waals surface area contributed by atoms with Crippen molar-refractivity contribution in [1.29, 1.82) is 0 Å². The van der Waals surface area contributed by atoms with E-state index >= 15 is 0 Å². The SMILES string of the molecule is C=Cc1c(/C=C\C)[nH]c2cc(C)[c-]cc12.CC.CC.[V]. The largest absolute Gasteiger partial charge is 0.378 e. The molecule has 2 aromatic rings. The van der Waals surface area contributed by atoms with Crippen LogP contribution >= 0.6 is 0 Å². The van der Waals surface area contributed by atoms with E-state index in [1.807, 2.05) is 59.8 Å². The molecule has 1 nitrogen and oxygen atoms in total. The first-order valence-corrected chi connectivity index (χ1v) is 7.05. The van der Waals surface area contributed by atoms with Crippen LogP contribution in [0.4, 0.5) is 0 Å². The molecule has 2 heteroatoms. The van der Waals surface area contributed by atoms with Crippen LogP contribution in [-0.4, -0.2) is 4.98 Å². The summed E-state index contributed by atoms with van der Waals surface area (Å²) < 4.78 is 0. The molecule has 2 rings (SSSR count). The molecule has 0 amide bonds. The third-order valence-corrected chi connectivity index (χ3v) is 2.48. The van der Waals surface area contributed by atoms with Gasteiger partial charge in [-0.15, -0.1) is 11.5 Å². The van der Waals surface area contributed by atoms with Crippen LogP contribution in [0.25, 0.3) is 23.1 Å². The van der Waals surface area contributed by atoms with E-state index in [4.69, 9.17) is 0 Å². The summed E-state index contributed by atoms with van der Waals surface area (Å²) in [5, 5.41) is 1.18. The molecule has 20 heavy (non-hydrogen) atoms. The summed E-state index contributed by atoms with van der Waals surface area (Å²) in [6.07, 6.45) is 5.97. The standard InChI is InChI=1S/C14H14N.2C2H6.V/c1-4-6-13-11(5-2)12-8-7-10(3)9-14(12)15-13;2*1-2;/h4-6,8-9,15H,2H2,1,3H3;2*1-2H3;/q-1;;;/b6-4-;;;. The molecule has 0 atom stereocenters. The minimum Gasteiger partial charge on any atom is -0.378 e. The van der Waals surface area contributed by atoms with Crippen LogP contribution in [-0.2, 0) is 18.6 Å². The number of H-pyrrole nitrogens is 1. The number of fused-ring (bicyclic) bond motifs is 1. The van der Waals surface area contributed by atoms with Crippen molar-refractivity contribution in [2.75, 3.05) is 0 Å². The Kier molecular flexibility index (Phi) is 12.3. The summed E-state index contributed by atoms with van der Waals surface area (Å²) in [5.41, 5.74) is 4.56. The second kappa shape index (κ2) is 11.6. The Bertz CT molecular complexity index is 536. The maximum atomic E-state index is 3.85. The number of allylic oxidation sites excluding steroid dienone is 1. The molecule has 0 aliphatic heterocycles.